The zero-order valence-electron chi connectivity index (χ0n) is 14.9. The van der Waals surface area contributed by atoms with Crippen molar-refractivity contribution >= 4 is 27.2 Å². The minimum absolute atomic E-state index is 0.128. The fourth-order valence-electron chi connectivity index (χ4n) is 2.87. The van der Waals surface area contributed by atoms with Crippen LogP contribution in [-0.4, -0.2) is 36.8 Å². The summed E-state index contributed by atoms with van der Waals surface area (Å²) < 4.78 is 31.1. The number of hydrogen-bond donors (Lipinski definition) is 0. The van der Waals surface area contributed by atoms with Crippen molar-refractivity contribution in [2.75, 3.05) is 12.9 Å². The molecule has 25 heavy (non-hydrogen) atoms. The number of rotatable bonds is 6. The van der Waals surface area contributed by atoms with Gasteiger partial charge >= 0.3 is 0 Å². The first-order valence-electron chi connectivity index (χ1n) is 7.86. The summed E-state index contributed by atoms with van der Waals surface area (Å²) in [6.07, 6.45) is 2.57. The van der Waals surface area contributed by atoms with Crippen LogP contribution in [0.2, 0.25) is 5.02 Å². The largest absolute Gasteiger partial charge is 0.478 e. The first kappa shape index (κ1) is 19.5. The SMILES string of the molecule is CCOc1c(C(=O)c2cc(C)c(S(C)(=O)=O)c(C)c2Cl)cnn1CC. The van der Waals surface area contributed by atoms with E-state index in [1.54, 1.807) is 18.5 Å². The van der Waals surface area contributed by atoms with Crippen LogP contribution in [-0.2, 0) is 16.4 Å². The van der Waals surface area contributed by atoms with E-state index in [9.17, 15) is 13.2 Å². The van der Waals surface area contributed by atoms with E-state index in [0.717, 1.165) is 6.26 Å². The van der Waals surface area contributed by atoms with Gasteiger partial charge in [-0.15, -0.1) is 0 Å². The van der Waals surface area contributed by atoms with E-state index in [1.165, 1.54) is 12.3 Å². The normalized spacial score (nSPS) is 11.6. The maximum Gasteiger partial charge on any atom is 0.223 e. The molecule has 2 rings (SSSR count). The maximum absolute atomic E-state index is 13.0. The summed E-state index contributed by atoms with van der Waals surface area (Å²) >= 11 is 6.34. The molecule has 1 heterocycles. The average molecular weight is 385 g/mol. The topological polar surface area (TPSA) is 78.3 Å². The van der Waals surface area contributed by atoms with Crippen molar-refractivity contribution in [3.05, 3.63) is 39.5 Å². The predicted molar refractivity (Wildman–Crippen MR) is 96.5 cm³/mol. The number of carbonyl (C=O) groups is 1. The summed E-state index contributed by atoms with van der Waals surface area (Å²) in [5.74, 6) is 0.0352. The molecule has 0 atom stereocenters. The number of carbonyl (C=O) groups excluding carboxylic acids is 1. The molecule has 0 N–H and O–H groups in total. The summed E-state index contributed by atoms with van der Waals surface area (Å²) in [5.41, 5.74) is 1.39. The summed E-state index contributed by atoms with van der Waals surface area (Å²) in [5, 5.41) is 4.29. The van der Waals surface area contributed by atoms with Gasteiger partial charge in [-0.25, -0.2) is 13.1 Å². The van der Waals surface area contributed by atoms with E-state index < -0.39 is 9.84 Å². The maximum atomic E-state index is 13.0. The smallest absolute Gasteiger partial charge is 0.223 e. The summed E-state index contributed by atoms with van der Waals surface area (Å²) in [6, 6.07) is 1.51. The minimum atomic E-state index is -3.45. The molecule has 8 heteroatoms. The molecule has 1 aromatic carbocycles. The van der Waals surface area contributed by atoms with E-state index >= 15 is 0 Å². The van der Waals surface area contributed by atoms with Gasteiger partial charge in [0.05, 0.1) is 22.7 Å². The van der Waals surface area contributed by atoms with Crippen LogP contribution in [0.5, 0.6) is 5.88 Å². The van der Waals surface area contributed by atoms with E-state index in [-0.39, 0.29) is 21.3 Å². The average Bonchev–Trinajstić information content (AvgIpc) is 2.92. The lowest BCUT2D eigenvalue weighted by Crippen LogP contribution is -2.11. The second-order valence-electron chi connectivity index (χ2n) is 5.72. The summed E-state index contributed by atoms with van der Waals surface area (Å²) in [6.45, 7) is 7.92. The Balaban J connectivity index is 2.64. The standard InChI is InChI=1S/C17H21ClN2O4S/c1-6-20-17(24-7-2)13(9-19-20)15(21)12-8-10(3)16(25(5,22)23)11(4)14(12)18/h8-9H,6-7H2,1-5H3. The molecular formula is C17H21ClN2O4S. The number of aromatic nitrogens is 2. The van der Waals surface area contributed by atoms with Gasteiger partial charge in [0.15, 0.2) is 9.84 Å². The first-order chi connectivity index (χ1) is 11.6. The van der Waals surface area contributed by atoms with E-state index in [1.807, 2.05) is 13.8 Å². The van der Waals surface area contributed by atoms with Crippen LogP contribution in [0.4, 0.5) is 0 Å². The Morgan fingerprint density at radius 2 is 1.92 bits per heavy atom. The summed E-state index contributed by atoms with van der Waals surface area (Å²) in [4.78, 5) is 13.1. The number of hydrogen-bond acceptors (Lipinski definition) is 5. The molecule has 0 aliphatic carbocycles. The Labute approximate surface area is 152 Å². The molecule has 0 fully saturated rings. The molecule has 0 saturated carbocycles. The van der Waals surface area contributed by atoms with Gasteiger partial charge in [-0.3, -0.25) is 4.79 Å². The molecule has 0 bridgehead atoms. The lowest BCUT2D eigenvalue weighted by Gasteiger charge is -2.14. The molecule has 6 nitrogen and oxygen atoms in total. The molecule has 2 aromatic rings. The van der Waals surface area contributed by atoms with Crippen molar-refractivity contribution in [1.29, 1.82) is 0 Å². The Kier molecular flexibility index (Phi) is 5.58. The zero-order chi connectivity index (χ0) is 18.9. The van der Waals surface area contributed by atoms with Crippen molar-refractivity contribution in [2.45, 2.75) is 39.1 Å². The highest BCUT2D eigenvalue weighted by Gasteiger charge is 2.26. The third kappa shape index (κ3) is 3.57. The molecule has 0 radical (unpaired) electrons. The van der Waals surface area contributed by atoms with E-state index in [4.69, 9.17) is 16.3 Å². The molecule has 136 valence electrons. The fourth-order valence-corrected chi connectivity index (χ4v) is 4.46. The number of benzene rings is 1. The van der Waals surface area contributed by atoms with E-state index in [2.05, 4.69) is 5.10 Å². The van der Waals surface area contributed by atoms with Crippen LogP contribution in [0.3, 0.4) is 0 Å². The highest BCUT2D eigenvalue weighted by molar-refractivity contribution is 7.90. The van der Waals surface area contributed by atoms with Crippen molar-refractivity contribution in [1.82, 2.24) is 9.78 Å². The van der Waals surface area contributed by atoms with Crippen molar-refractivity contribution < 1.29 is 17.9 Å². The Bertz CT molecular complexity index is 933. The third-order valence-electron chi connectivity index (χ3n) is 3.86. The predicted octanol–water partition coefficient (Wildman–Crippen LogP) is 3.21. The molecule has 0 unspecified atom stereocenters. The van der Waals surface area contributed by atoms with Crippen LogP contribution in [0, 0.1) is 13.8 Å². The molecular weight excluding hydrogens is 364 g/mol. The van der Waals surface area contributed by atoms with Crippen LogP contribution < -0.4 is 4.74 Å². The molecule has 0 spiro atoms. The van der Waals surface area contributed by atoms with Gasteiger partial charge in [-0.05, 0) is 44.9 Å². The second-order valence-corrected chi connectivity index (χ2v) is 8.05. The van der Waals surface area contributed by atoms with Gasteiger partial charge in [0.2, 0.25) is 11.7 Å². The lowest BCUT2D eigenvalue weighted by atomic mass is 10.0. The third-order valence-corrected chi connectivity index (χ3v) is 5.71. The van der Waals surface area contributed by atoms with Crippen LogP contribution >= 0.6 is 11.6 Å². The Morgan fingerprint density at radius 1 is 1.28 bits per heavy atom. The number of aryl methyl sites for hydroxylation is 2. The highest BCUT2D eigenvalue weighted by Crippen LogP contribution is 2.33. The molecule has 0 saturated heterocycles. The Hall–Kier alpha value is -1.86. The highest BCUT2D eigenvalue weighted by atomic mass is 35.5. The van der Waals surface area contributed by atoms with Gasteiger partial charge in [-0.1, -0.05) is 11.6 Å². The van der Waals surface area contributed by atoms with Crippen molar-refractivity contribution in [3.8, 4) is 5.88 Å². The number of halogens is 1. The molecule has 0 aliphatic heterocycles. The number of sulfone groups is 1. The van der Waals surface area contributed by atoms with Gasteiger partial charge in [0.25, 0.3) is 0 Å². The van der Waals surface area contributed by atoms with Gasteiger partial charge in [0.1, 0.15) is 5.56 Å². The Morgan fingerprint density at radius 3 is 2.44 bits per heavy atom. The lowest BCUT2D eigenvalue weighted by molar-refractivity contribution is 0.103. The summed E-state index contributed by atoms with van der Waals surface area (Å²) in [7, 11) is -3.45. The van der Waals surface area contributed by atoms with Gasteiger partial charge in [0, 0.05) is 18.4 Å². The zero-order valence-corrected chi connectivity index (χ0v) is 16.5. The first-order valence-corrected chi connectivity index (χ1v) is 10.1. The number of nitrogens with zero attached hydrogens (tertiary/aromatic N) is 2. The monoisotopic (exact) mass is 384 g/mol. The van der Waals surface area contributed by atoms with Crippen molar-refractivity contribution in [3.63, 3.8) is 0 Å². The van der Waals surface area contributed by atoms with Crippen molar-refractivity contribution in [2.24, 2.45) is 0 Å². The fraction of sp³-hybridized carbons (Fsp3) is 0.412. The van der Waals surface area contributed by atoms with Gasteiger partial charge < -0.3 is 4.74 Å². The van der Waals surface area contributed by atoms with Crippen LogP contribution in [0.15, 0.2) is 17.2 Å². The quantitative estimate of drug-likeness (QED) is 0.714. The second kappa shape index (κ2) is 7.17. The molecule has 0 aliphatic rings. The van der Waals surface area contributed by atoms with Crippen LogP contribution in [0.1, 0.15) is 40.9 Å². The van der Waals surface area contributed by atoms with E-state index in [0.29, 0.717) is 35.7 Å². The number of ketones is 1. The van der Waals surface area contributed by atoms with Gasteiger partial charge in [-0.2, -0.15) is 5.10 Å². The van der Waals surface area contributed by atoms with Crippen LogP contribution in [0.25, 0.3) is 0 Å². The molecule has 0 amide bonds. The molecule has 1 aromatic heterocycles. The number of ether oxygens (including phenoxy) is 1. The minimum Gasteiger partial charge on any atom is -0.478 e.